The Balaban J connectivity index is 2.76. The topological polar surface area (TPSA) is 75.7 Å². The molecule has 0 bridgehead atoms. The number of esters is 1. The number of halogens is 1. The van der Waals surface area contributed by atoms with E-state index in [1.54, 1.807) is 13.0 Å². The van der Waals surface area contributed by atoms with Crippen LogP contribution in [0.4, 0.5) is 4.39 Å². The number of nitrogens with zero attached hydrogens (tertiary/aromatic N) is 1. The fourth-order valence-corrected chi connectivity index (χ4v) is 1.95. The Morgan fingerprint density at radius 2 is 1.91 bits per heavy atom. The van der Waals surface area contributed by atoms with E-state index < -0.39 is 17.7 Å². The number of ether oxygens (including phenoxy) is 1. The monoisotopic (exact) mass is 324 g/mol. The van der Waals surface area contributed by atoms with E-state index in [9.17, 15) is 18.8 Å². The number of hydrogen-bond donors (Lipinski definition) is 1. The summed E-state index contributed by atoms with van der Waals surface area (Å²) in [5, 5.41) is 2.57. The molecular formula is C16H21FN2O4. The Bertz CT molecular complexity index is 563. The Morgan fingerprint density at radius 1 is 1.22 bits per heavy atom. The summed E-state index contributed by atoms with van der Waals surface area (Å²) in [7, 11) is 0. The van der Waals surface area contributed by atoms with E-state index >= 15 is 0 Å². The lowest BCUT2D eigenvalue weighted by molar-refractivity contribution is -0.143. The minimum absolute atomic E-state index is 0.00804. The summed E-state index contributed by atoms with van der Waals surface area (Å²) in [5.41, 5.74) is -0.0702. The van der Waals surface area contributed by atoms with E-state index in [1.807, 2.05) is 0 Å². The third-order valence-electron chi connectivity index (χ3n) is 3.04. The first-order valence-electron chi connectivity index (χ1n) is 7.39. The lowest BCUT2D eigenvalue weighted by atomic mass is 10.1. The van der Waals surface area contributed by atoms with Gasteiger partial charge in [-0.15, -0.1) is 0 Å². The van der Waals surface area contributed by atoms with Gasteiger partial charge in [-0.3, -0.25) is 14.4 Å². The number of benzene rings is 1. The van der Waals surface area contributed by atoms with Crippen LogP contribution in [0, 0.1) is 5.82 Å². The molecule has 0 aromatic heterocycles. The molecule has 7 heteroatoms. The predicted molar refractivity (Wildman–Crippen MR) is 82.2 cm³/mol. The van der Waals surface area contributed by atoms with Crippen LogP contribution in [0.2, 0.25) is 0 Å². The van der Waals surface area contributed by atoms with Gasteiger partial charge in [0, 0.05) is 26.6 Å². The van der Waals surface area contributed by atoms with E-state index in [0.717, 1.165) is 0 Å². The predicted octanol–water partition coefficient (Wildman–Crippen LogP) is 1.36. The van der Waals surface area contributed by atoms with Gasteiger partial charge in [0.25, 0.3) is 5.91 Å². The molecule has 126 valence electrons. The molecule has 0 aliphatic carbocycles. The zero-order valence-corrected chi connectivity index (χ0v) is 13.3. The summed E-state index contributed by atoms with van der Waals surface area (Å²) >= 11 is 0. The molecule has 0 saturated heterocycles. The van der Waals surface area contributed by atoms with Gasteiger partial charge in [-0.2, -0.15) is 0 Å². The first kappa shape index (κ1) is 18.6. The largest absolute Gasteiger partial charge is 0.466 e. The maximum absolute atomic E-state index is 13.8. The van der Waals surface area contributed by atoms with Gasteiger partial charge in [0.05, 0.1) is 18.6 Å². The minimum Gasteiger partial charge on any atom is -0.466 e. The van der Waals surface area contributed by atoms with Crippen LogP contribution >= 0.6 is 0 Å². The van der Waals surface area contributed by atoms with Gasteiger partial charge in [-0.25, -0.2) is 4.39 Å². The van der Waals surface area contributed by atoms with Gasteiger partial charge < -0.3 is 15.0 Å². The summed E-state index contributed by atoms with van der Waals surface area (Å²) in [4.78, 5) is 36.1. The van der Waals surface area contributed by atoms with Crippen molar-refractivity contribution in [2.45, 2.75) is 20.3 Å². The van der Waals surface area contributed by atoms with Gasteiger partial charge in [0.15, 0.2) is 0 Å². The van der Waals surface area contributed by atoms with Gasteiger partial charge in [0.1, 0.15) is 5.82 Å². The van der Waals surface area contributed by atoms with Crippen molar-refractivity contribution in [3.63, 3.8) is 0 Å². The molecule has 1 aromatic carbocycles. The summed E-state index contributed by atoms with van der Waals surface area (Å²) in [6, 6.07) is 5.64. The Hall–Kier alpha value is -2.44. The summed E-state index contributed by atoms with van der Waals surface area (Å²) in [6.45, 7) is 3.79. The summed E-state index contributed by atoms with van der Waals surface area (Å²) in [6.07, 6.45) is 0.00804. The van der Waals surface area contributed by atoms with Crippen LogP contribution in [0.1, 0.15) is 30.6 Å². The van der Waals surface area contributed by atoms with Crippen LogP contribution < -0.4 is 5.32 Å². The highest BCUT2D eigenvalue weighted by Crippen LogP contribution is 2.10. The molecule has 0 spiro atoms. The van der Waals surface area contributed by atoms with Gasteiger partial charge in [-0.05, 0) is 19.1 Å². The molecule has 1 N–H and O–H groups in total. The number of carbonyl (C=O) groups is 3. The zero-order chi connectivity index (χ0) is 17.2. The van der Waals surface area contributed by atoms with Crippen molar-refractivity contribution in [2.75, 3.05) is 26.2 Å². The maximum Gasteiger partial charge on any atom is 0.307 e. The van der Waals surface area contributed by atoms with Gasteiger partial charge in [-0.1, -0.05) is 12.1 Å². The number of nitrogens with one attached hydrogen (secondary N) is 1. The SMILES string of the molecule is CCOC(=O)CCN(CCNC(C)=O)C(=O)c1ccccc1F. The highest BCUT2D eigenvalue weighted by atomic mass is 19.1. The molecule has 0 radical (unpaired) electrons. The molecule has 0 heterocycles. The van der Waals surface area contributed by atoms with E-state index in [2.05, 4.69) is 5.32 Å². The highest BCUT2D eigenvalue weighted by molar-refractivity contribution is 5.94. The van der Waals surface area contributed by atoms with Gasteiger partial charge >= 0.3 is 5.97 Å². The first-order valence-corrected chi connectivity index (χ1v) is 7.39. The molecule has 0 aliphatic rings. The summed E-state index contributed by atoms with van der Waals surface area (Å²) < 4.78 is 18.6. The van der Waals surface area contributed by atoms with Crippen molar-refractivity contribution in [1.29, 1.82) is 0 Å². The van der Waals surface area contributed by atoms with Crippen LogP contribution in [0.25, 0.3) is 0 Å². The van der Waals surface area contributed by atoms with E-state index in [0.29, 0.717) is 0 Å². The zero-order valence-electron chi connectivity index (χ0n) is 13.3. The standard InChI is InChI=1S/C16H21FN2O4/c1-3-23-15(21)8-10-19(11-9-18-12(2)20)16(22)13-6-4-5-7-14(13)17/h4-7H,3,8-11H2,1-2H3,(H,18,20). The maximum atomic E-state index is 13.8. The lowest BCUT2D eigenvalue weighted by Crippen LogP contribution is -2.39. The third-order valence-corrected chi connectivity index (χ3v) is 3.04. The molecule has 1 rings (SSSR count). The van der Waals surface area contributed by atoms with Gasteiger partial charge in [0.2, 0.25) is 5.91 Å². The molecule has 2 amide bonds. The Morgan fingerprint density at radius 3 is 2.52 bits per heavy atom. The first-order chi connectivity index (χ1) is 11.0. The number of amides is 2. The smallest absolute Gasteiger partial charge is 0.307 e. The molecule has 0 saturated carbocycles. The van der Waals surface area contributed by atoms with Crippen LogP contribution in [0.15, 0.2) is 24.3 Å². The molecule has 0 atom stereocenters. The quantitative estimate of drug-likeness (QED) is 0.733. The van der Waals surface area contributed by atoms with Crippen molar-refractivity contribution < 1.29 is 23.5 Å². The average molecular weight is 324 g/mol. The molecule has 0 fully saturated rings. The molecule has 0 unspecified atom stereocenters. The van der Waals surface area contributed by atoms with Crippen LogP contribution in [0.3, 0.4) is 0 Å². The third kappa shape index (κ3) is 6.46. The Kier molecular flexibility index (Phi) is 7.73. The minimum atomic E-state index is -0.627. The number of hydrogen-bond acceptors (Lipinski definition) is 4. The van der Waals surface area contributed by atoms with Crippen molar-refractivity contribution in [3.05, 3.63) is 35.6 Å². The van der Waals surface area contributed by atoms with Crippen LogP contribution in [-0.2, 0) is 14.3 Å². The average Bonchev–Trinajstić information content (AvgIpc) is 2.50. The Labute approximate surface area is 134 Å². The second kappa shape index (κ2) is 9.55. The molecule has 0 aliphatic heterocycles. The van der Waals surface area contributed by atoms with Crippen LogP contribution in [0.5, 0.6) is 0 Å². The molecule has 6 nitrogen and oxygen atoms in total. The second-order valence-corrected chi connectivity index (χ2v) is 4.81. The van der Waals surface area contributed by atoms with E-state index in [1.165, 1.54) is 30.0 Å². The fraction of sp³-hybridized carbons (Fsp3) is 0.438. The van der Waals surface area contributed by atoms with E-state index in [-0.39, 0.29) is 44.1 Å². The van der Waals surface area contributed by atoms with Crippen molar-refractivity contribution in [3.8, 4) is 0 Å². The molecule has 1 aromatic rings. The fourth-order valence-electron chi connectivity index (χ4n) is 1.95. The lowest BCUT2D eigenvalue weighted by Gasteiger charge is -2.22. The van der Waals surface area contributed by atoms with Crippen molar-refractivity contribution in [1.82, 2.24) is 10.2 Å². The molecular weight excluding hydrogens is 303 g/mol. The number of rotatable bonds is 8. The highest BCUT2D eigenvalue weighted by Gasteiger charge is 2.19. The van der Waals surface area contributed by atoms with Crippen molar-refractivity contribution in [2.24, 2.45) is 0 Å². The summed E-state index contributed by atoms with van der Waals surface area (Å²) in [5.74, 6) is -1.82. The second-order valence-electron chi connectivity index (χ2n) is 4.81. The van der Waals surface area contributed by atoms with Crippen molar-refractivity contribution >= 4 is 17.8 Å². The van der Waals surface area contributed by atoms with E-state index in [4.69, 9.17) is 4.74 Å². The normalized spacial score (nSPS) is 10.0. The number of carbonyl (C=O) groups excluding carboxylic acids is 3. The van der Waals surface area contributed by atoms with Crippen LogP contribution in [-0.4, -0.2) is 48.9 Å². The molecule has 23 heavy (non-hydrogen) atoms.